The number of carbonyl (C=O) groups is 1. The smallest absolute Gasteiger partial charge is 0.315 e. The third-order valence-corrected chi connectivity index (χ3v) is 2.40. The summed E-state index contributed by atoms with van der Waals surface area (Å²) < 4.78 is 0. The molecular formula is C10H18N2O. The summed E-state index contributed by atoms with van der Waals surface area (Å²) in [6.07, 6.45) is 6.43. The number of hydrogen-bond donors (Lipinski definition) is 2. The number of rotatable bonds is 3. The molecule has 2 N–H and O–H groups in total. The lowest BCUT2D eigenvalue weighted by Gasteiger charge is -2.14. The van der Waals surface area contributed by atoms with Crippen LogP contribution < -0.4 is 10.6 Å². The first-order valence-corrected chi connectivity index (χ1v) is 4.92. The fourth-order valence-electron chi connectivity index (χ4n) is 1.56. The van der Waals surface area contributed by atoms with E-state index >= 15 is 0 Å². The zero-order valence-electron chi connectivity index (χ0n) is 8.18. The number of urea groups is 1. The molecule has 13 heavy (non-hydrogen) atoms. The van der Waals surface area contributed by atoms with E-state index in [4.69, 9.17) is 0 Å². The molecule has 1 saturated carbocycles. The van der Waals surface area contributed by atoms with Gasteiger partial charge in [-0.1, -0.05) is 18.9 Å². The second-order valence-electron chi connectivity index (χ2n) is 3.62. The highest BCUT2D eigenvalue weighted by atomic mass is 16.2. The fraction of sp³-hybridized carbons (Fsp3) is 0.700. The molecule has 0 aromatic rings. The van der Waals surface area contributed by atoms with Gasteiger partial charge in [0.2, 0.25) is 0 Å². The minimum atomic E-state index is -0.0701. The van der Waals surface area contributed by atoms with Crippen LogP contribution in [0.25, 0.3) is 0 Å². The van der Waals surface area contributed by atoms with Crippen molar-refractivity contribution in [1.29, 1.82) is 0 Å². The highest BCUT2D eigenvalue weighted by Crippen LogP contribution is 2.17. The van der Waals surface area contributed by atoms with Crippen molar-refractivity contribution >= 4 is 6.03 Å². The Morgan fingerprint density at radius 1 is 1.54 bits per heavy atom. The molecular weight excluding hydrogens is 164 g/mol. The normalized spacial score (nSPS) is 19.5. The first-order valence-electron chi connectivity index (χ1n) is 4.92. The Labute approximate surface area is 79.6 Å². The monoisotopic (exact) mass is 182 g/mol. The summed E-state index contributed by atoms with van der Waals surface area (Å²) in [4.78, 5) is 11.3. The van der Waals surface area contributed by atoms with Crippen molar-refractivity contribution in [2.75, 3.05) is 0 Å². The Morgan fingerprint density at radius 3 is 2.69 bits per heavy atom. The molecule has 1 unspecified atom stereocenters. The van der Waals surface area contributed by atoms with Crippen LogP contribution >= 0.6 is 0 Å². The second kappa shape index (κ2) is 4.90. The largest absolute Gasteiger partial charge is 0.335 e. The van der Waals surface area contributed by atoms with E-state index in [2.05, 4.69) is 17.2 Å². The van der Waals surface area contributed by atoms with Crippen LogP contribution in [0, 0.1) is 0 Å². The zero-order chi connectivity index (χ0) is 9.68. The Morgan fingerprint density at radius 2 is 2.15 bits per heavy atom. The predicted octanol–water partition coefficient (Wildman–Crippen LogP) is 1.80. The molecule has 0 aromatic heterocycles. The lowest BCUT2D eigenvalue weighted by molar-refractivity contribution is 0.235. The van der Waals surface area contributed by atoms with E-state index in [0.29, 0.717) is 6.04 Å². The molecule has 0 aromatic carbocycles. The summed E-state index contributed by atoms with van der Waals surface area (Å²) in [6, 6.07) is 0.359. The van der Waals surface area contributed by atoms with Gasteiger partial charge in [0, 0.05) is 12.1 Å². The van der Waals surface area contributed by atoms with Crippen molar-refractivity contribution in [2.45, 2.75) is 44.7 Å². The van der Waals surface area contributed by atoms with Gasteiger partial charge in [0.25, 0.3) is 0 Å². The lowest BCUT2D eigenvalue weighted by atomic mass is 10.2. The molecule has 74 valence electrons. The summed E-state index contributed by atoms with van der Waals surface area (Å²) >= 11 is 0. The maximum Gasteiger partial charge on any atom is 0.315 e. The molecule has 0 aliphatic heterocycles. The third kappa shape index (κ3) is 3.49. The van der Waals surface area contributed by atoms with Gasteiger partial charge >= 0.3 is 6.03 Å². The van der Waals surface area contributed by atoms with E-state index in [9.17, 15) is 4.79 Å². The van der Waals surface area contributed by atoms with E-state index in [1.807, 2.05) is 6.92 Å². The van der Waals surface area contributed by atoms with Crippen LogP contribution in [0.2, 0.25) is 0 Å². The quantitative estimate of drug-likeness (QED) is 0.642. The maximum absolute atomic E-state index is 11.3. The molecule has 0 radical (unpaired) electrons. The van der Waals surface area contributed by atoms with Crippen LogP contribution in [0.1, 0.15) is 32.6 Å². The molecule has 1 aliphatic carbocycles. The first-order chi connectivity index (χ1) is 6.22. The van der Waals surface area contributed by atoms with Crippen LogP contribution in [0.3, 0.4) is 0 Å². The summed E-state index contributed by atoms with van der Waals surface area (Å²) in [5, 5.41) is 5.73. The first kappa shape index (κ1) is 10.1. The van der Waals surface area contributed by atoms with Gasteiger partial charge in [-0.3, -0.25) is 0 Å². The van der Waals surface area contributed by atoms with Crippen LogP contribution in [0.4, 0.5) is 4.79 Å². The van der Waals surface area contributed by atoms with E-state index in [1.165, 1.54) is 12.8 Å². The SMILES string of the molecule is C=CC(C)NC(=O)NC1CCCC1. The highest BCUT2D eigenvalue weighted by Gasteiger charge is 2.16. The van der Waals surface area contributed by atoms with Crippen LogP contribution in [0.5, 0.6) is 0 Å². The van der Waals surface area contributed by atoms with Crippen molar-refractivity contribution in [3.05, 3.63) is 12.7 Å². The van der Waals surface area contributed by atoms with Gasteiger partial charge in [-0.2, -0.15) is 0 Å². The maximum atomic E-state index is 11.3. The van der Waals surface area contributed by atoms with Crippen LogP contribution in [-0.4, -0.2) is 18.1 Å². The van der Waals surface area contributed by atoms with Gasteiger partial charge in [0.1, 0.15) is 0 Å². The predicted molar refractivity (Wildman–Crippen MR) is 53.6 cm³/mol. The molecule has 1 atom stereocenters. The van der Waals surface area contributed by atoms with Gasteiger partial charge in [-0.25, -0.2) is 4.79 Å². The number of hydrogen-bond acceptors (Lipinski definition) is 1. The topological polar surface area (TPSA) is 41.1 Å². The van der Waals surface area contributed by atoms with Crippen molar-refractivity contribution < 1.29 is 4.79 Å². The second-order valence-corrected chi connectivity index (χ2v) is 3.62. The molecule has 0 saturated heterocycles. The van der Waals surface area contributed by atoms with Gasteiger partial charge in [-0.15, -0.1) is 6.58 Å². The number of nitrogens with one attached hydrogen (secondary N) is 2. The van der Waals surface area contributed by atoms with Gasteiger partial charge in [0.15, 0.2) is 0 Å². The lowest BCUT2D eigenvalue weighted by Crippen LogP contribution is -2.43. The zero-order valence-corrected chi connectivity index (χ0v) is 8.18. The molecule has 1 aliphatic rings. The number of carbonyl (C=O) groups excluding carboxylic acids is 1. The molecule has 3 nitrogen and oxygen atoms in total. The Hall–Kier alpha value is -0.990. The Bertz CT molecular complexity index is 185. The molecule has 2 amide bonds. The minimum absolute atomic E-state index is 0.0430. The van der Waals surface area contributed by atoms with E-state index in [0.717, 1.165) is 12.8 Å². The third-order valence-electron chi connectivity index (χ3n) is 2.40. The van der Waals surface area contributed by atoms with Gasteiger partial charge in [0.05, 0.1) is 0 Å². The van der Waals surface area contributed by atoms with Crippen LogP contribution in [0.15, 0.2) is 12.7 Å². The molecule has 0 bridgehead atoms. The summed E-state index contributed by atoms with van der Waals surface area (Å²) in [7, 11) is 0. The minimum Gasteiger partial charge on any atom is -0.335 e. The summed E-state index contributed by atoms with van der Waals surface area (Å²) in [6.45, 7) is 5.51. The molecule has 1 rings (SSSR count). The Balaban J connectivity index is 2.20. The molecule has 0 spiro atoms. The van der Waals surface area contributed by atoms with Gasteiger partial charge in [-0.05, 0) is 19.8 Å². The molecule has 1 fully saturated rings. The Kier molecular flexibility index (Phi) is 3.80. The average molecular weight is 182 g/mol. The van der Waals surface area contributed by atoms with Crippen molar-refractivity contribution in [2.24, 2.45) is 0 Å². The van der Waals surface area contributed by atoms with E-state index < -0.39 is 0 Å². The van der Waals surface area contributed by atoms with Crippen molar-refractivity contribution in [1.82, 2.24) is 10.6 Å². The fourth-order valence-corrected chi connectivity index (χ4v) is 1.56. The standard InChI is InChI=1S/C10H18N2O/c1-3-8(2)11-10(13)12-9-6-4-5-7-9/h3,8-9H,1,4-7H2,2H3,(H2,11,12,13). The van der Waals surface area contributed by atoms with Crippen molar-refractivity contribution in [3.63, 3.8) is 0 Å². The molecule has 3 heteroatoms. The summed E-state index contributed by atoms with van der Waals surface area (Å²) in [5.41, 5.74) is 0. The average Bonchev–Trinajstić information content (AvgIpc) is 2.56. The van der Waals surface area contributed by atoms with E-state index in [1.54, 1.807) is 6.08 Å². The van der Waals surface area contributed by atoms with Gasteiger partial charge < -0.3 is 10.6 Å². The molecule has 0 heterocycles. The van der Waals surface area contributed by atoms with Crippen molar-refractivity contribution in [3.8, 4) is 0 Å². The number of amides is 2. The van der Waals surface area contributed by atoms with Crippen LogP contribution in [-0.2, 0) is 0 Å². The highest BCUT2D eigenvalue weighted by molar-refractivity contribution is 5.74. The van der Waals surface area contributed by atoms with E-state index in [-0.39, 0.29) is 12.1 Å². The summed E-state index contributed by atoms with van der Waals surface area (Å²) in [5.74, 6) is 0.